The largest absolute Gasteiger partial charge is 0.389 e. The Morgan fingerprint density at radius 1 is 1.10 bits per heavy atom. The summed E-state index contributed by atoms with van der Waals surface area (Å²) in [5.74, 6) is 0. The summed E-state index contributed by atoms with van der Waals surface area (Å²) in [5.41, 5.74) is 2.37. The van der Waals surface area contributed by atoms with Crippen LogP contribution in [0, 0.1) is 0 Å². The zero-order valence-corrected chi connectivity index (χ0v) is 19.9. The van der Waals surface area contributed by atoms with E-state index in [0.717, 1.165) is 13.0 Å². The van der Waals surface area contributed by atoms with E-state index in [9.17, 15) is 5.11 Å². The number of likely N-dealkylation sites (N-methyl/N-ethyl adjacent to an activating group) is 1. The Labute approximate surface area is 191 Å². The van der Waals surface area contributed by atoms with Gasteiger partial charge in [0.1, 0.15) is 4.93 Å². The Balaban J connectivity index is 1.58. The van der Waals surface area contributed by atoms with Crippen LogP contribution >= 0.6 is 11.8 Å². The second kappa shape index (κ2) is 10.8. The van der Waals surface area contributed by atoms with Gasteiger partial charge in [0.15, 0.2) is 0 Å². The summed E-state index contributed by atoms with van der Waals surface area (Å²) in [5, 5.41) is 16.1. The van der Waals surface area contributed by atoms with Gasteiger partial charge in [-0.05, 0) is 44.4 Å². The highest BCUT2D eigenvalue weighted by Crippen LogP contribution is 2.37. The number of benzene rings is 2. The standard InChI is InChI=1S/C26H36N2O2S/c1-25(2,27-18-23(29)19-30-26(3)16-11-17-31-26)20-28(4)24(21-12-7-5-8-13-21)22-14-9-6-10-15-22/h5-15,17,23-24,27,29H,16,18-20H2,1-4H3. The molecule has 0 saturated heterocycles. The van der Waals surface area contributed by atoms with Crippen molar-refractivity contribution < 1.29 is 9.84 Å². The molecule has 2 unspecified atom stereocenters. The van der Waals surface area contributed by atoms with E-state index in [1.807, 2.05) is 0 Å². The minimum Gasteiger partial charge on any atom is -0.389 e. The number of hydrogen-bond acceptors (Lipinski definition) is 5. The molecule has 5 heteroatoms. The maximum atomic E-state index is 10.5. The molecule has 0 saturated carbocycles. The number of aliphatic hydroxyl groups excluding tert-OH is 1. The molecule has 2 aromatic rings. The van der Waals surface area contributed by atoms with E-state index >= 15 is 0 Å². The van der Waals surface area contributed by atoms with E-state index in [4.69, 9.17) is 4.74 Å². The van der Waals surface area contributed by atoms with Crippen LogP contribution in [0.5, 0.6) is 0 Å². The molecule has 0 spiro atoms. The molecule has 0 aromatic heterocycles. The quantitative estimate of drug-likeness (QED) is 0.524. The SMILES string of the molecule is CN(CC(C)(C)NCC(O)COC1(C)CC=CS1)C(c1ccccc1)c1ccccc1. The normalized spacial score (nSPS) is 20.0. The van der Waals surface area contributed by atoms with Gasteiger partial charge in [-0.3, -0.25) is 4.90 Å². The van der Waals surface area contributed by atoms with Gasteiger partial charge >= 0.3 is 0 Å². The Bertz CT molecular complexity index is 778. The Hall–Kier alpha value is -1.63. The number of thioether (sulfide) groups is 1. The molecule has 2 aromatic carbocycles. The average Bonchev–Trinajstić information content (AvgIpc) is 3.19. The summed E-state index contributed by atoms with van der Waals surface area (Å²) in [6, 6.07) is 21.4. The molecule has 3 rings (SSSR count). The molecule has 0 radical (unpaired) electrons. The van der Waals surface area contributed by atoms with Crippen LogP contribution in [0.25, 0.3) is 0 Å². The van der Waals surface area contributed by atoms with Gasteiger partial charge in [-0.25, -0.2) is 0 Å². The lowest BCUT2D eigenvalue weighted by Crippen LogP contribution is -2.51. The first kappa shape index (κ1) is 24.0. The Kier molecular flexibility index (Phi) is 8.36. The fraction of sp³-hybridized carbons (Fsp3) is 0.462. The van der Waals surface area contributed by atoms with Crippen molar-refractivity contribution >= 4 is 11.8 Å². The number of nitrogens with one attached hydrogen (secondary N) is 1. The Morgan fingerprint density at radius 2 is 1.68 bits per heavy atom. The minimum absolute atomic E-state index is 0.170. The first-order valence-corrected chi connectivity index (χ1v) is 11.9. The summed E-state index contributed by atoms with van der Waals surface area (Å²) < 4.78 is 5.95. The highest BCUT2D eigenvalue weighted by atomic mass is 32.2. The molecule has 0 amide bonds. The number of β-amino-alcohol motifs (C(OH)–C–C–N with tert-alkyl or cyclic N) is 1. The molecule has 168 valence electrons. The Morgan fingerprint density at radius 3 is 2.19 bits per heavy atom. The third kappa shape index (κ3) is 7.19. The summed E-state index contributed by atoms with van der Waals surface area (Å²) in [4.78, 5) is 2.14. The number of rotatable bonds is 11. The van der Waals surface area contributed by atoms with Gasteiger partial charge in [0.25, 0.3) is 0 Å². The van der Waals surface area contributed by atoms with Crippen molar-refractivity contribution in [2.24, 2.45) is 0 Å². The van der Waals surface area contributed by atoms with Gasteiger partial charge in [0.2, 0.25) is 0 Å². The lowest BCUT2D eigenvalue weighted by molar-refractivity contribution is -0.0181. The molecule has 2 atom stereocenters. The summed E-state index contributed by atoms with van der Waals surface area (Å²) in [6.07, 6.45) is 2.46. The lowest BCUT2D eigenvalue weighted by Gasteiger charge is -2.37. The number of ether oxygens (including phenoxy) is 1. The molecule has 4 nitrogen and oxygen atoms in total. The molecule has 1 aliphatic heterocycles. The molecule has 0 fully saturated rings. The van der Waals surface area contributed by atoms with Crippen molar-refractivity contribution in [3.8, 4) is 0 Å². The van der Waals surface area contributed by atoms with Crippen molar-refractivity contribution in [2.75, 3.05) is 26.7 Å². The van der Waals surface area contributed by atoms with Gasteiger partial charge < -0.3 is 15.2 Å². The van der Waals surface area contributed by atoms with Crippen molar-refractivity contribution in [2.45, 2.75) is 49.8 Å². The van der Waals surface area contributed by atoms with E-state index in [1.54, 1.807) is 11.8 Å². The summed E-state index contributed by atoms with van der Waals surface area (Å²) in [6.45, 7) is 8.10. The zero-order valence-electron chi connectivity index (χ0n) is 19.1. The number of hydrogen-bond donors (Lipinski definition) is 2. The second-order valence-corrected chi connectivity index (χ2v) is 10.6. The molecule has 2 N–H and O–H groups in total. The number of nitrogens with zero attached hydrogens (tertiary/aromatic N) is 1. The molecule has 1 heterocycles. The van der Waals surface area contributed by atoms with E-state index in [-0.39, 0.29) is 16.5 Å². The molecule has 1 aliphatic rings. The van der Waals surface area contributed by atoms with Crippen molar-refractivity contribution in [3.63, 3.8) is 0 Å². The van der Waals surface area contributed by atoms with Gasteiger partial charge in [-0.15, -0.1) is 0 Å². The van der Waals surface area contributed by atoms with E-state index in [0.29, 0.717) is 13.2 Å². The van der Waals surface area contributed by atoms with Gasteiger partial charge in [0.05, 0.1) is 18.8 Å². The van der Waals surface area contributed by atoms with E-state index in [2.05, 4.69) is 110 Å². The average molecular weight is 441 g/mol. The third-order valence-corrected chi connectivity index (χ3v) is 6.73. The highest BCUT2D eigenvalue weighted by molar-refractivity contribution is 8.03. The molecule has 0 bridgehead atoms. The fourth-order valence-electron chi connectivity index (χ4n) is 4.06. The third-order valence-electron chi connectivity index (χ3n) is 5.62. The van der Waals surface area contributed by atoms with Gasteiger partial charge in [0, 0.05) is 25.0 Å². The lowest BCUT2D eigenvalue weighted by atomic mass is 9.95. The van der Waals surface area contributed by atoms with E-state index in [1.165, 1.54) is 11.1 Å². The van der Waals surface area contributed by atoms with Crippen LogP contribution in [0.2, 0.25) is 0 Å². The smallest absolute Gasteiger partial charge is 0.118 e. The van der Waals surface area contributed by atoms with Crippen molar-refractivity contribution in [1.82, 2.24) is 10.2 Å². The first-order chi connectivity index (χ1) is 14.8. The van der Waals surface area contributed by atoms with Gasteiger partial charge in [-0.2, -0.15) is 0 Å². The van der Waals surface area contributed by atoms with Crippen molar-refractivity contribution in [3.05, 3.63) is 83.3 Å². The summed E-state index contributed by atoms with van der Waals surface area (Å²) >= 11 is 1.68. The fourth-order valence-corrected chi connectivity index (χ4v) is 4.87. The van der Waals surface area contributed by atoms with Crippen LogP contribution < -0.4 is 5.32 Å². The second-order valence-electron chi connectivity index (χ2n) is 9.20. The number of aliphatic hydroxyl groups is 1. The van der Waals surface area contributed by atoms with Gasteiger partial charge in [-0.1, -0.05) is 78.5 Å². The highest BCUT2D eigenvalue weighted by Gasteiger charge is 2.29. The first-order valence-electron chi connectivity index (χ1n) is 11.0. The minimum atomic E-state index is -0.540. The maximum Gasteiger partial charge on any atom is 0.118 e. The zero-order chi connectivity index (χ0) is 22.3. The van der Waals surface area contributed by atoms with Crippen LogP contribution in [0.4, 0.5) is 0 Å². The predicted octanol–water partition coefficient (Wildman–Crippen LogP) is 4.82. The monoisotopic (exact) mass is 440 g/mol. The molecule has 31 heavy (non-hydrogen) atoms. The topological polar surface area (TPSA) is 44.7 Å². The molecular formula is C26H36N2O2S. The van der Waals surface area contributed by atoms with E-state index < -0.39 is 6.10 Å². The summed E-state index contributed by atoms with van der Waals surface area (Å²) in [7, 11) is 2.17. The van der Waals surface area contributed by atoms with Crippen LogP contribution in [0.15, 0.2) is 72.1 Å². The molecule has 0 aliphatic carbocycles. The van der Waals surface area contributed by atoms with Crippen LogP contribution in [-0.4, -0.2) is 53.3 Å². The van der Waals surface area contributed by atoms with Crippen LogP contribution in [-0.2, 0) is 4.74 Å². The van der Waals surface area contributed by atoms with Crippen LogP contribution in [0.3, 0.4) is 0 Å². The van der Waals surface area contributed by atoms with Crippen LogP contribution in [0.1, 0.15) is 44.4 Å². The maximum absolute atomic E-state index is 10.5. The predicted molar refractivity (Wildman–Crippen MR) is 131 cm³/mol. The molecular weight excluding hydrogens is 404 g/mol. The van der Waals surface area contributed by atoms with Crippen molar-refractivity contribution in [1.29, 1.82) is 0 Å².